The number of benzene rings is 1. The van der Waals surface area contributed by atoms with Gasteiger partial charge in [-0.05, 0) is 0 Å². The average molecular weight is 453 g/mol. The molecule has 3 heterocycles. The van der Waals surface area contributed by atoms with Gasteiger partial charge in [0.15, 0.2) is 11.5 Å². The fraction of sp³-hybridized carbons (Fsp3) is 0.400. The standard InChI is InChI=1S/C20H19F4N5O3/c1-11(30)29-9-16(20(23,24)10-29)27-19(31)17-18(26-3-2-25-17)28-7-15(8-28)32-14-5-12(21)4-13(22)6-14/h2-6,15-16H,7-10H2,1H3,(H,27,31)/t16-/m1/s1. The van der Waals surface area contributed by atoms with Gasteiger partial charge >= 0.3 is 0 Å². The molecule has 4 rings (SSSR count). The number of nitrogens with one attached hydrogen (secondary N) is 1. The van der Waals surface area contributed by atoms with Gasteiger partial charge in [-0.1, -0.05) is 0 Å². The largest absolute Gasteiger partial charge is 0.487 e. The third-order valence-electron chi connectivity index (χ3n) is 5.25. The molecule has 1 N–H and O–H groups in total. The van der Waals surface area contributed by atoms with E-state index < -0.39 is 48.1 Å². The van der Waals surface area contributed by atoms with Crippen LogP contribution in [0.3, 0.4) is 0 Å². The van der Waals surface area contributed by atoms with Crippen LogP contribution in [0.2, 0.25) is 0 Å². The van der Waals surface area contributed by atoms with Crippen molar-refractivity contribution in [1.29, 1.82) is 0 Å². The summed E-state index contributed by atoms with van der Waals surface area (Å²) in [6.07, 6.45) is 2.19. The van der Waals surface area contributed by atoms with Gasteiger partial charge in [-0.25, -0.2) is 27.5 Å². The number of hydrogen-bond acceptors (Lipinski definition) is 6. The first kappa shape index (κ1) is 21.8. The van der Waals surface area contributed by atoms with Crippen LogP contribution >= 0.6 is 0 Å². The third-order valence-corrected chi connectivity index (χ3v) is 5.25. The lowest BCUT2D eigenvalue weighted by Crippen LogP contribution is -2.55. The molecule has 1 atom stereocenters. The first-order valence-electron chi connectivity index (χ1n) is 9.75. The summed E-state index contributed by atoms with van der Waals surface area (Å²) in [4.78, 5) is 34.8. The molecular weight excluding hydrogens is 434 g/mol. The zero-order valence-corrected chi connectivity index (χ0v) is 16.9. The van der Waals surface area contributed by atoms with Crippen LogP contribution in [0.1, 0.15) is 17.4 Å². The highest BCUT2D eigenvalue weighted by atomic mass is 19.3. The van der Waals surface area contributed by atoms with Crippen LogP contribution in [0, 0.1) is 11.6 Å². The molecule has 2 aliphatic heterocycles. The number of amides is 2. The molecule has 2 aromatic rings. The van der Waals surface area contributed by atoms with Gasteiger partial charge in [0.25, 0.3) is 11.8 Å². The summed E-state index contributed by atoms with van der Waals surface area (Å²) in [5, 5.41) is 2.25. The molecule has 1 aromatic carbocycles. The molecule has 0 unspecified atom stereocenters. The summed E-state index contributed by atoms with van der Waals surface area (Å²) in [5.74, 6) is -5.97. The van der Waals surface area contributed by atoms with E-state index in [-0.39, 0.29) is 36.9 Å². The zero-order chi connectivity index (χ0) is 23.0. The SMILES string of the molecule is CC(=O)N1C[C@@H](NC(=O)c2nccnc2N2CC(Oc3cc(F)cc(F)c3)C2)C(F)(F)C1. The van der Waals surface area contributed by atoms with Gasteiger partial charge in [-0.3, -0.25) is 9.59 Å². The number of anilines is 1. The second-order valence-corrected chi connectivity index (χ2v) is 7.67. The topological polar surface area (TPSA) is 87.7 Å². The van der Waals surface area contributed by atoms with Crippen molar-refractivity contribution in [2.24, 2.45) is 0 Å². The minimum atomic E-state index is -3.28. The number of likely N-dealkylation sites (tertiary alicyclic amines) is 1. The highest BCUT2D eigenvalue weighted by Crippen LogP contribution is 2.29. The minimum Gasteiger partial charge on any atom is -0.487 e. The number of carbonyl (C=O) groups is 2. The molecule has 0 saturated carbocycles. The maximum Gasteiger partial charge on any atom is 0.286 e. The molecule has 0 aliphatic carbocycles. The van der Waals surface area contributed by atoms with Crippen molar-refractivity contribution in [3.63, 3.8) is 0 Å². The number of rotatable bonds is 5. The van der Waals surface area contributed by atoms with Crippen molar-refractivity contribution < 1.29 is 31.9 Å². The minimum absolute atomic E-state index is 0.0303. The lowest BCUT2D eigenvalue weighted by atomic mass is 10.1. The van der Waals surface area contributed by atoms with Gasteiger partial charge in [0, 0.05) is 44.1 Å². The Morgan fingerprint density at radius 1 is 1.09 bits per heavy atom. The lowest BCUT2D eigenvalue weighted by molar-refractivity contribution is -0.129. The Balaban J connectivity index is 1.41. The Bertz CT molecular complexity index is 1030. The molecule has 0 radical (unpaired) electrons. The molecule has 2 amide bonds. The van der Waals surface area contributed by atoms with Crippen molar-refractivity contribution in [3.05, 3.63) is 47.9 Å². The number of halogens is 4. The number of hydrogen-bond donors (Lipinski definition) is 1. The number of aromatic nitrogens is 2. The van der Waals surface area contributed by atoms with E-state index in [2.05, 4.69) is 15.3 Å². The first-order valence-corrected chi connectivity index (χ1v) is 9.75. The molecule has 2 fully saturated rings. The van der Waals surface area contributed by atoms with E-state index in [0.717, 1.165) is 23.1 Å². The molecule has 1 aromatic heterocycles. The second kappa shape index (κ2) is 8.24. The van der Waals surface area contributed by atoms with Crippen LogP contribution in [-0.4, -0.2) is 70.9 Å². The third kappa shape index (κ3) is 4.43. The van der Waals surface area contributed by atoms with Crippen LogP contribution < -0.4 is 15.0 Å². The van der Waals surface area contributed by atoms with E-state index in [1.807, 2.05) is 0 Å². The van der Waals surface area contributed by atoms with Gasteiger partial charge in [0.2, 0.25) is 5.91 Å². The van der Waals surface area contributed by atoms with E-state index in [4.69, 9.17) is 4.74 Å². The summed E-state index contributed by atoms with van der Waals surface area (Å²) in [7, 11) is 0. The molecule has 2 aliphatic rings. The van der Waals surface area contributed by atoms with Crippen molar-refractivity contribution in [1.82, 2.24) is 20.2 Å². The van der Waals surface area contributed by atoms with Crippen LogP contribution in [-0.2, 0) is 4.79 Å². The lowest BCUT2D eigenvalue weighted by Gasteiger charge is -2.40. The molecule has 0 spiro atoms. The Morgan fingerprint density at radius 2 is 1.75 bits per heavy atom. The fourth-order valence-electron chi connectivity index (χ4n) is 3.60. The summed E-state index contributed by atoms with van der Waals surface area (Å²) in [5.41, 5.74) is -0.153. The summed E-state index contributed by atoms with van der Waals surface area (Å²) in [6, 6.07) is 1.29. The van der Waals surface area contributed by atoms with Crippen molar-refractivity contribution >= 4 is 17.6 Å². The number of alkyl halides is 2. The van der Waals surface area contributed by atoms with E-state index in [1.54, 1.807) is 4.90 Å². The first-order chi connectivity index (χ1) is 15.1. The summed E-state index contributed by atoms with van der Waals surface area (Å²) in [6.45, 7) is 0.588. The maximum absolute atomic E-state index is 14.2. The predicted octanol–water partition coefficient (Wildman–Crippen LogP) is 1.62. The molecule has 32 heavy (non-hydrogen) atoms. The van der Waals surface area contributed by atoms with Gasteiger partial charge < -0.3 is 19.9 Å². The molecule has 8 nitrogen and oxygen atoms in total. The van der Waals surface area contributed by atoms with E-state index in [1.165, 1.54) is 19.3 Å². The van der Waals surface area contributed by atoms with E-state index >= 15 is 0 Å². The van der Waals surface area contributed by atoms with E-state index in [9.17, 15) is 27.2 Å². The van der Waals surface area contributed by atoms with E-state index in [0.29, 0.717) is 0 Å². The number of ether oxygens (including phenoxy) is 1. The number of nitrogens with zero attached hydrogens (tertiary/aromatic N) is 4. The van der Waals surface area contributed by atoms with Gasteiger partial charge in [0.1, 0.15) is 29.5 Å². The molecular formula is C20H19F4N5O3. The quantitative estimate of drug-likeness (QED) is 0.693. The Hall–Kier alpha value is -3.44. The fourth-order valence-corrected chi connectivity index (χ4v) is 3.60. The highest BCUT2D eigenvalue weighted by Gasteiger charge is 2.50. The Morgan fingerprint density at radius 3 is 2.38 bits per heavy atom. The maximum atomic E-state index is 14.2. The van der Waals surface area contributed by atoms with Crippen molar-refractivity contribution in [2.75, 3.05) is 31.1 Å². The molecule has 12 heteroatoms. The van der Waals surface area contributed by atoms with Crippen molar-refractivity contribution in [2.45, 2.75) is 25.0 Å². The molecule has 0 bridgehead atoms. The highest BCUT2D eigenvalue weighted by molar-refractivity contribution is 5.97. The van der Waals surface area contributed by atoms with Crippen LogP contribution in [0.15, 0.2) is 30.6 Å². The Kier molecular flexibility index (Phi) is 5.61. The average Bonchev–Trinajstić information content (AvgIpc) is 2.98. The smallest absolute Gasteiger partial charge is 0.286 e. The number of carbonyl (C=O) groups excluding carboxylic acids is 2. The monoisotopic (exact) mass is 453 g/mol. The Labute approximate surface area is 180 Å². The predicted molar refractivity (Wildman–Crippen MR) is 103 cm³/mol. The van der Waals surface area contributed by atoms with Crippen molar-refractivity contribution in [3.8, 4) is 5.75 Å². The summed E-state index contributed by atoms with van der Waals surface area (Å²) >= 11 is 0. The van der Waals surface area contributed by atoms with Gasteiger partial charge in [0.05, 0.1) is 19.6 Å². The second-order valence-electron chi connectivity index (χ2n) is 7.67. The normalized spacial score (nSPS) is 20.1. The van der Waals surface area contributed by atoms with Crippen LogP contribution in [0.4, 0.5) is 23.4 Å². The van der Waals surface area contributed by atoms with Gasteiger partial charge in [-0.15, -0.1) is 0 Å². The van der Waals surface area contributed by atoms with Crippen LogP contribution in [0.25, 0.3) is 0 Å². The zero-order valence-electron chi connectivity index (χ0n) is 16.9. The van der Waals surface area contributed by atoms with Gasteiger partial charge in [-0.2, -0.15) is 0 Å². The summed E-state index contributed by atoms with van der Waals surface area (Å²) < 4.78 is 60.6. The van der Waals surface area contributed by atoms with Crippen LogP contribution in [0.5, 0.6) is 5.75 Å². The molecule has 170 valence electrons. The molecule has 2 saturated heterocycles.